The van der Waals surface area contributed by atoms with Gasteiger partial charge in [-0.1, -0.05) is 24.3 Å². The highest BCUT2D eigenvalue weighted by molar-refractivity contribution is 5.99. The van der Waals surface area contributed by atoms with Gasteiger partial charge in [-0.25, -0.2) is 0 Å². The van der Waals surface area contributed by atoms with Crippen molar-refractivity contribution < 1.29 is 19.0 Å². The quantitative estimate of drug-likeness (QED) is 0.674. The van der Waals surface area contributed by atoms with Crippen LogP contribution in [-0.4, -0.2) is 27.1 Å². The predicted molar refractivity (Wildman–Crippen MR) is 105 cm³/mol. The molecule has 0 atom stereocenters. The minimum Gasteiger partial charge on any atom is -0.496 e. The molecule has 0 unspecified atom stereocenters. The Bertz CT molecular complexity index is 847. The van der Waals surface area contributed by atoms with Crippen LogP contribution in [0.1, 0.15) is 30.5 Å². The van der Waals surface area contributed by atoms with Gasteiger partial charge in [-0.2, -0.15) is 0 Å². The molecule has 26 heavy (non-hydrogen) atoms. The van der Waals surface area contributed by atoms with Crippen LogP contribution in [0.4, 0.5) is 0 Å². The van der Waals surface area contributed by atoms with Crippen molar-refractivity contribution in [3.05, 3.63) is 65.2 Å². The van der Waals surface area contributed by atoms with Crippen molar-refractivity contribution in [2.75, 3.05) is 21.3 Å². The summed E-state index contributed by atoms with van der Waals surface area (Å²) in [7, 11) is 4.83. The second-order valence-corrected chi connectivity index (χ2v) is 5.70. The van der Waals surface area contributed by atoms with Crippen LogP contribution in [0.3, 0.4) is 0 Å². The summed E-state index contributed by atoms with van der Waals surface area (Å²) in [4.78, 5) is 11.8. The van der Waals surface area contributed by atoms with E-state index in [2.05, 4.69) is 0 Å². The fourth-order valence-electron chi connectivity index (χ4n) is 2.75. The first-order chi connectivity index (χ1) is 12.5. The van der Waals surface area contributed by atoms with Gasteiger partial charge in [0.25, 0.3) is 0 Å². The lowest BCUT2D eigenvalue weighted by Gasteiger charge is -2.14. The molecule has 0 heterocycles. The Labute approximate surface area is 154 Å². The van der Waals surface area contributed by atoms with Crippen LogP contribution in [0.25, 0.3) is 11.6 Å². The number of carbonyl (C=O) groups is 1. The fourth-order valence-corrected chi connectivity index (χ4v) is 2.75. The lowest BCUT2D eigenvalue weighted by Crippen LogP contribution is -1.97. The predicted octanol–water partition coefficient (Wildman–Crippen LogP) is 4.77. The summed E-state index contributed by atoms with van der Waals surface area (Å²) in [6.45, 7) is 3.49. The minimum atomic E-state index is -0.0295. The van der Waals surface area contributed by atoms with Crippen LogP contribution in [-0.2, 0) is 4.79 Å². The zero-order valence-electron chi connectivity index (χ0n) is 15.8. The van der Waals surface area contributed by atoms with Crippen molar-refractivity contribution in [2.45, 2.75) is 13.8 Å². The van der Waals surface area contributed by atoms with Gasteiger partial charge in [0, 0.05) is 5.56 Å². The molecule has 0 N–H and O–H groups in total. The Kier molecular flexibility index (Phi) is 6.61. The number of ether oxygens (including phenoxy) is 3. The van der Waals surface area contributed by atoms with Gasteiger partial charge < -0.3 is 14.2 Å². The molecule has 0 spiro atoms. The lowest BCUT2D eigenvalue weighted by atomic mass is 9.94. The first-order valence-electron chi connectivity index (χ1n) is 8.29. The number of ketones is 1. The number of methoxy groups -OCH3 is 3. The first-order valence-corrected chi connectivity index (χ1v) is 8.29. The van der Waals surface area contributed by atoms with E-state index in [1.54, 1.807) is 27.4 Å². The van der Waals surface area contributed by atoms with E-state index >= 15 is 0 Å². The van der Waals surface area contributed by atoms with E-state index in [1.165, 1.54) is 6.92 Å². The molecule has 0 fully saturated rings. The number of benzene rings is 2. The molecule has 2 rings (SSSR count). The zero-order chi connectivity index (χ0) is 19.1. The van der Waals surface area contributed by atoms with Crippen molar-refractivity contribution in [3.8, 4) is 17.2 Å². The molecule has 0 aliphatic carbocycles. The summed E-state index contributed by atoms with van der Waals surface area (Å²) in [5.41, 5.74) is 3.55. The summed E-state index contributed by atoms with van der Waals surface area (Å²) in [6.07, 6.45) is 5.55. The van der Waals surface area contributed by atoms with Gasteiger partial charge in [-0.15, -0.1) is 0 Å². The van der Waals surface area contributed by atoms with Crippen molar-refractivity contribution in [1.82, 2.24) is 0 Å². The number of carbonyl (C=O) groups excluding carboxylic acids is 1. The molecule has 0 saturated carbocycles. The zero-order valence-corrected chi connectivity index (χ0v) is 15.8. The van der Waals surface area contributed by atoms with Gasteiger partial charge in [0.1, 0.15) is 5.75 Å². The standard InChI is InChI=1S/C22H24O4/c1-6-7-18-13-16(8-10-20(18)24-3)19(12-15(2)23)17-9-11-21(25-4)22(14-17)26-5/h6-14H,1-5H3/b7-6+,19-12+. The summed E-state index contributed by atoms with van der Waals surface area (Å²) in [5.74, 6) is 2.00. The maximum atomic E-state index is 11.8. The van der Waals surface area contributed by atoms with Gasteiger partial charge in [-0.3, -0.25) is 4.79 Å². The molecule has 2 aromatic rings. The van der Waals surface area contributed by atoms with Gasteiger partial charge in [0.15, 0.2) is 17.3 Å². The molecule has 4 nitrogen and oxygen atoms in total. The van der Waals surface area contributed by atoms with Crippen molar-refractivity contribution in [1.29, 1.82) is 0 Å². The summed E-state index contributed by atoms with van der Waals surface area (Å²) < 4.78 is 16.1. The Morgan fingerprint density at radius 2 is 1.42 bits per heavy atom. The third-order valence-corrected chi connectivity index (χ3v) is 3.93. The van der Waals surface area contributed by atoms with E-state index < -0.39 is 0 Å². The smallest absolute Gasteiger partial charge is 0.161 e. The van der Waals surface area contributed by atoms with Crippen molar-refractivity contribution in [2.24, 2.45) is 0 Å². The van der Waals surface area contributed by atoms with E-state index in [9.17, 15) is 4.79 Å². The fraction of sp³-hybridized carbons (Fsp3) is 0.227. The maximum absolute atomic E-state index is 11.8. The number of hydrogen-bond acceptors (Lipinski definition) is 4. The maximum Gasteiger partial charge on any atom is 0.161 e. The molecule has 4 heteroatoms. The SMILES string of the molecule is C/C=C/c1cc(/C(=C\C(C)=O)c2ccc(OC)c(OC)c2)ccc1OC. The Hall–Kier alpha value is -3.01. The summed E-state index contributed by atoms with van der Waals surface area (Å²) >= 11 is 0. The van der Waals surface area contributed by atoms with E-state index in [0.717, 1.165) is 28.0 Å². The Balaban J connectivity index is 2.63. The topological polar surface area (TPSA) is 44.8 Å². The summed E-state index contributed by atoms with van der Waals surface area (Å²) in [6, 6.07) is 11.5. The molecule has 0 bridgehead atoms. The van der Waals surface area contributed by atoms with Crippen LogP contribution in [0.5, 0.6) is 17.2 Å². The van der Waals surface area contributed by atoms with Crippen LogP contribution in [0.15, 0.2) is 48.6 Å². The van der Waals surface area contributed by atoms with Gasteiger partial charge in [0.2, 0.25) is 0 Å². The van der Waals surface area contributed by atoms with Crippen molar-refractivity contribution >= 4 is 17.4 Å². The Morgan fingerprint density at radius 1 is 0.846 bits per heavy atom. The van der Waals surface area contributed by atoms with Gasteiger partial charge >= 0.3 is 0 Å². The normalized spacial score (nSPS) is 11.5. The van der Waals surface area contributed by atoms with Gasteiger partial charge in [0.05, 0.1) is 21.3 Å². The number of allylic oxidation sites excluding steroid dienone is 2. The van der Waals surface area contributed by atoms with E-state index in [0.29, 0.717) is 11.5 Å². The molecule has 136 valence electrons. The van der Waals surface area contributed by atoms with Crippen LogP contribution in [0, 0.1) is 0 Å². The van der Waals surface area contributed by atoms with Crippen LogP contribution >= 0.6 is 0 Å². The van der Waals surface area contributed by atoms with Gasteiger partial charge in [-0.05, 0) is 60.9 Å². The highest BCUT2D eigenvalue weighted by atomic mass is 16.5. The molecule has 2 aromatic carbocycles. The first kappa shape index (κ1) is 19.3. The van der Waals surface area contributed by atoms with E-state index in [1.807, 2.05) is 55.5 Å². The Morgan fingerprint density at radius 3 is 1.96 bits per heavy atom. The molecule has 0 amide bonds. The second kappa shape index (κ2) is 8.90. The van der Waals surface area contributed by atoms with Crippen LogP contribution in [0.2, 0.25) is 0 Å². The molecule has 0 saturated heterocycles. The third-order valence-electron chi connectivity index (χ3n) is 3.93. The highest BCUT2D eigenvalue weighted by Crippen LogP contribution is 2.34. The highest BCUT2D eigenvalue weighted by Gasteiger charge is 2.12. The minimum absolute atomic E-state index is 0.0295. The van der Waals surface area contributed by atoms with Crippen molar-refractivity contribution in [3.63, 3.8) is 0 Å². The van der Waals surface area contributed by atoms with Crippen LogP contribution < -0.4 is 14.2 Å². The molecule has 0 aliphatic rings. The average Bonchev–Trinajstić information content (AvgIpc) is 2.65. The van der Waals surface area contributed by atoms with E-state index in [4.69, 9.17) is 14.2 Å². The lowest BCUT2D eigenvalue weighted by molar-refractivity contribution is -0.112. The molecule has 0 aromatic heterocycles. The largest absolute Gasteiger partial charge is 0.496 e. The monoisotopic (exact) mass is 352 g/mol. The number of hydrogen-bond donors (Lipinski definition) is 0. The molecular formula is C22H24O4. The second-order valence-electron chi connectivity index (χ2n) is 5.70. The molecule has 0 radical (unpaired) electrons. The molecule has 0 aliphatic heterocycles. The molecular weight excluding hydrogens is 328 g/mol. The number of rotatable bonds is 7. The summed E-state index contributed by atoms with van der Waals surface area (Å²) in [5, 5.41) is 0. The third kappa shape index (κ3) is 4.33. The average molecular weight is 352 g/mol. The van der Waals surface area contributed by atoms with E-state index in [-0.39, 0.29) is 5.78 Å².